The number of fused-ring (bicyclic) bond motifs is 1. The van der Waals surface area contributed by atoms with E-state index in [0.29, 0.717) is 37.9 Å². The number of methoxy groups -OCH3 is 2. The lowest BCUT2D eigenvalue weighted by Gasteiger charge is -2.23. The summed E-state index contributed by atoms with van der Waals surface area (Å²) in [5.74, 6) is 4.71. The minimum Gasteiger partial charge on any atom is -0.495 e. The zero-order valence-corrected chi connectivity index (χ0v) is 49.4. The van der Waals surface area contributed by atoms with E-state index in [1.807, 2.05) is 61.8 Å². The lowest BCUT2D eigenvalue weighted by molar-refractivity contribution is -0.0334. The lowest BCUT2D eigenvalue weighted by atomic mass is 10.1. The summed E-state index contributed by atoms with van der Waals surface area (Å²) < 4.78 is 61.2. The molecule has 4 atom stereocenters. The van der Waals surface area contributed by atoms with Gasteiger partial charge < -0.3 is 67.1 Å². The first kappa shape index (κ1) is 75.6. The molecule has 10 heterocycles. The molecule has 4 aromatic rings. The van der Waals surface area contributed by atoms with Crippen molar-refractivity contribution < 1.29 is 61.6 Å². The molecule has 1 aliphatic carbocycles. The fourth-order valence-electron chi connectivity index (χ4n) is 7.40. The third-order valence-corrected chi connectivity index (χ3v) is 12.4. The SMILES string of the molecule is C.C.C1COCCO1.CC1COCCOC1.COC1CCCC1.COc1cccnc1.C[C@@H]1CCOC1.C[C@H]1CCCCO1.C[C@H]1CCCCOC1.C[C@H]1COc2ccccc2O1.Cc1cc[nH]c1.O=C1NCCO1.c1nncs1. The number of aryl methyl sites for hydroxylation is 1. The Morgan fingerprint density at radius 2 is 1.16 bits per heavy atom. The molecule has 1 amide bonds. The van der Waals surface area contributed by atoms with Gasteiger partial charge in [0, 0.05) is 64.7 Å². The van der Waals surface area contributed by atoms with Gasteiger partial charge in [-0.15, -0.1) is 21.5 Å². The molecule has 0 unspecified atom stereocenters. The maximum Gasteiger partial charge on any atom is 0.407 e. The monoisotopic (exact) mass is 1150 g/mol. The molecule has 0 bridgehead atoms. The van der Waals surface area contributed by atoms with Gasteiger partial charge in [-0.05, 0) is 120 Å². The first-order valence-corrected chi connectivity index (χ1v) is 29.2. The van der Waals surface area contributed by atoms with Crippen LogP contribution in [0.3, 0.4) is 0 Å². The van der Waals surface area contributed by atoms with Crippen molar-refractivity contribution in [2.24, 2.45) is 17.8 Å². The number of nitrogens with zero attached hydrogens (tertiary/aromatic N) is 3. The summed E-state index contributed by atoms with van der Waals surface area (Å²) in [5.41, 5.74) is 4.65. The highest BCUT2D eigenvalue weighted by molar-refractivity contribution is 7.07. The molecule has 7 aliphatic heterocycles. The molecule has 19 heteroatoms. The van der Waals surface area contributed by atoms with E-state index in [9.17, 15) is 4.79 Å². The Kier molecular flexibility index (Phi) is 50.9. The minimum atomic E-state index is -0.296. The maximum atomic E-state index is 9.91. The molecular weight excluding hydrogens is 1040 g/mol. The number of para-hydroxylation sites is 2. The second kappa shape index (κ2) is 53.8. The number of hydrogen-bond acceptors (Lipinski definition) is 17. The van der Waals surface area contributed by atoms with E-state index in [1.165, 1.54) is 87.5 Å². The summed E-state index contributed by atoms with van der Waals surface area (Å²) >= 11 is 1.49. The van der Waals surface area contributed by atoms with E-state index < -0.39 is 0 Å². The Morgan fingerprint density at radius 1 is 0.575 bits per heavy atom. The molecule has 0 radical (unpaired) electrons. The molecule has 6 saturated heterocycles. The van der Waals surface area contributed by atoms with Gasteiger partial charge in [-0.1, -0.05) is 67.0 Å². The van der Waals surface area contributed by atoms with Gasteiger partial charge in [-0.3, -0.25) is 4.98 Å². The van der Waals surface area contributed by atoms with Gasteiger partial charge in [0.05, 0.1) is 84.9 Å². The number of carbonyl (C=O) groups excluding carboxylic acids is 1. The molecule has 460 valence electrons. The summed E-state index contributed by atoms with van der Waals surface area (Å²) in [6, 6.07) is 13.4. The van der Waals surface area contributed by atoms with Crippen LogP contribution in [-0.4, -0.2) is 164 Å². The largest absolute Gasteiger partial charge is 0.495 e. The predicted octanol–water partition coefficient (Wildman–Crippen LogP) is 12.5. The summed E-state index contributed by atoms with van der Waals surface area (Å²) in [5, 5.41) is 9.44. The number of cyclic esters (lactones) is 1. The summed E-state index contributed by atoms with van der Waals surface area (Å²) in [4.78, 5) is 16.7. The van der Waals surface area contributed by atoms with Crippen molar-refractivity contribution in [2.75, 3.05) is 120 Å². The summed E-state index contributed by atoms with van der Waals surface area (Å²) in [6.07, 6.45) is 22.7. The topological polar surface area (TPSA) is 194 Å². The van der Waals surface area contributed by atoms with Crippen LogP contribution in [-0.2, 0) is 42.6 Å². The normalized spacial score (nSPS) is 21.5. The van der Waals surface area contributed by atoms with Crippen molar-refractivity contribution in [3.8, 4) is 17.2 Å². The molecule has 12 rings (SSSR count). The predicted molar refractivity (Wildman–Crippen MR) is 320 cm³/mol. The van der Waals surface area contributed by atoms with E-state index in [0.717, 1.165) is 115 Å². The fraction of sp³-hybridized carbons (Fsp3) is 0.705. The zero-order chi connectivity index (χ0) is 56.4. The zero-order valence-electron chi connectivity index (χ0n) is 48.6. The highest BCUT2D eigenvalue weighted by Gasteiger charge is 2.16. The second-order valence-corrected chi connectivity index (χ2v) is 20.2. The Bertz CT molecular complexity index is 1780. The van der Waals surface area contributed by atoms with Gasteiger partial charge in [-0.2, -0.15) is 0 Å². The number of aromatic nitrogens is 4. The average molecular weight is 1150 g/mol. The fourth-order valence-corrected chi connectivity index (χ4v) is 7.67. The quantitative estimate of drug-likeness (QED) is 0.192. The number of aromatic amines is 1. The van der Waals surface area contributed by atoms with E-state index in [1.54, 1.807) is 37.6 Å². The van der Waals surface area contributed by atoms with Crippen molar-refractivity contribution in [1.29, 1.82) is 0 Å². The number of nitrogens with one attached hydrogen (secondary N) is 2. The number of pyridine rings is 1. The first-order valence-electron chi connectivity index (χ1n) is 28.2. The van der Waals surface area contributed by atoms with Gasteiger partial charge >= 0.3 is 6.09 Å². The van der Waals surface area contributed by atoms with Gasteiger partial charge in [-0.25, -0.2) is 4.79 Å². The second-order valence-electron chi connectivity index (χ2n) is 19.6. The van der Waals surface area contributed by atoms with Gasteiger partial charge in [0.25, 0.3) is 0 Å². The van der Waals surface area contributed by atoms with Crippen LogP contribution in [0.5, 0.6) is 17.2 Å². The van der Waals surface area contributed by atoms with Gasteiger partial charge in [0.15, 0.2) is 11.5 Å². The number of ether oxygens (including phenoxy) is 12. The molecular formula is C61H107N5O13S. The number of amides is 1. The van der Waals surface area contributed by atoms with Crippen LogP contribution in [0.1, 0.15) is 126 Å². The third-order valence-electron chi connectivity index (χ3n) is 11.9. The Morgan fingerprint density at radius 3 is 1.56 bits per heavy atom. The molecule has 1 aromatic carbocycles. The molecule has 3 aromatic heterocycles. The van der Waals surface area contributed by atoms with Crippen LogP contribution >= 0.6 is 11.3 Å². The van der Waals surface area contributed by atoms with Crippen LogP contribution < -0.4 is 19.5 Å². The smallest absolute Gasteiger partial charge is 0.407 e. The van der Waals surface area contributed by atoms with Crippen molar-refractivity contribution in [3.63, 3.8) is 0 Å². The Labute approximate surface area is 486 Å². The minimum absolute atomic E-state index is 0. The molecule has 2 N–H and O–H groups in total. The molecule has 8 aliphatic rings. The highest BCUT2D eigenvalue weighted by atomic mass is 32.1. The average Bonchev–Trinajstić information content (AvgIpc) is 4.39. The highest BCUT2D eigenvalue weighted by Crippen LogP contribution is 2.30. The third kappa shape index (κ3) is 45.2. The van der Waals surface area contributed by atoms with Crippen LogP contribution in [0, 0.1) is 24.7 Å². The lowest BCUT2D eigenvalue weighted by Crippen LogP contribution is -2.25. The van der Waals surface area contributed by atoms with Crippen LogP contribution in [0.2, 0.25) is 0 Å². The summed E-state index contributed by atoms with van der Waals surface area (Å²) in [7, 11) is 3.42. The molecule has 18 nitrogen and oxygen atoms in total. The van der Waals surface area contributed by atoms with E-state index in [-0.39, 0.29) is 27.1 Å². The van der Waals surface area contributed by atoms with E-state index >= 15 is 0 Å². The van der Waals surface area contributed by atoms with Crippen molar-refractivity contribution in [1.82, 2.24) is 25.5 Å². The number of carbonyl (C=O) groups is 1. The van der Waals surface area contributed by atoms with Crippen molar-refractivity contribution >= 4 is 17.4 Å². The van der Waals surface area contributed by atoms with Crippen LogP contribution in [0.15, 0.2) is 78.3 Å². The standard InChI is InChI=1S/C9H10O2.C7H14O.C6H7NO.C6H12O2.2C6H12O.C5H7N.C5H10O.C4H8O2.C3H5NO2.C2H2N2S.2CH4/c1-7-6-10-8-4-2-3-5-9(8)11-7;1-7-4-2-3-5-8-6-7;1-8-6-3-2-4-7-5-6;1-6-4-7-2-3-8-5-6;1-7-6-4-2-3-5-6;1-6-4-2-3-5-7-6;2*1-5-2-3-6-4-5;1-2-6-4-3-5-1;5-3-4-1-2-6-3;1-3-4-2-5-1;;/h2-5,7H,6H2,1H3;7H,2-6H2,1H3;2-5H,1H3;6H,2-5H2,1H3;2*6H,2-5H2,1H3;2-4,6H,1H3;5H,2-4H2,1H3;1-4H2;1-2H2,(H,4,5);1-2H;2*1H4/t2*7-;;;;6-;;5-;;;;;/m00...0.1...../s1. The number of H-pyrrole nitrogens is 1. The van der Waals surface area contributed by atoms with Crippen molar-refractivity contribution in [2.45, 2.75) is 145 Å². The number of rotatable bonds is 2. The Hall–Kier alpha value is -4.44. The first-order chi connectivity index (χ1) is 38.1. The van der Waals surface area contributed by atoms with Crippen LogP contribution in [0.25, 0.3) is 0 Å². The number of hydrogen-bond donors (Lipinski definition) is 2. The number of alkyl carbamates (subject to hydrolysis) is 1. The Balaban J connectivity index is 0.000000861. The van der Waals surface area contributed by atoms with Crippen LogP contribution in [0.4, 0.5) is 4.79 Å². The molecule has 0 spiro atoms. The van der Waals surface area contributed by atoms with E-state index in [2.05, 4.69) is 64.8 Å². The summed E-state index contributed by atoms with van der Waals surface area (Å²) in [6.45, 7) is 25.9. The van der Waals surface area contributed by atoms with Gasteiger partial charge in [0.2, 0.25) is 0 Å². The molecule has 80 heavy (non-hydrogen) atoms. The molecule has 1 saturated carbocycles. The maximum absolute atomic E-state index is 9.91. The van der Waals surface area contributed by atoms with E-state index in [4.69, 9.17) is 52.1 Å². The van der Waals surface area contributed by atoms with Crippen molar-refractivity contribution in [3.05, 3.63) is 83.8 Å². The van der Waals surface area contributed by atoms with Gasteiger partial charge in [0.1, 0.15) is 36.1 Å². The number of benzene rings is 1. The molecule has 7 fully saturated rings.